The van der Waals surface area contributed by atoms with Crippen LogP contribution >= 0.6 is 0 Å². The Hall–Kier alpha value is -1.09. The van der Waals surface area contributed by atoms with Crippen molar-refractivity contribution in [1.82, 2.24) is 5.32 Å². The van der Waals surface area contributed by atoms with Gasteiger partial charge in [0.15, 0.2) is 11.6 Å². The molecule has 0 aromatic heterocycles. The summed E-state index contributed by atoms with van der Waals surface area (Å²) in [5.41, 5.74) is 1.58. The van der Waals surface area contributed by atoms with Gasteiger partial charge in [-0.05, 0) is 19.0 Å². The predicted octanol–water partition coefficient (Wildman–Crippen LogP) is 2.18. The SMILES string of the molecule is CCNC1COc2c1ccc(C)c2F. The van der Waals surface area contributed by atoms with Gasteiger partial charge in [0.1, 0.15) is 6.61 Å². The Labute approximate surface area is 83.1 Å². The van der Waals surface area contributed by atoms with Crippen LogP contribution in [0.25, 0.3) is 0 Å². The van der Waals surface area contributed by atoms with E-state index in [0.29, 0.717) is 17.9 Å². The quantitative estimate of drug-likeness (QED) is 0.781. The molecule has 0 amide bonds. The number of fused-ring (bicyclic) bond motifs is 1. The maximum absolute atomic E-state index is 13.6. The van der Waals surface area contributed by atoms with Crippen molar-refractivity contribution in [3.05, 3.63) is 29.1 Å². The number of ether oxygens (including phenoxy) is 1. The molecule has 1 atom stereocenters. The Morgan fingerprint density at radius 1 is 1.57 bits per heavy atom. The van der Waals surface area contributed by atoms with E-state index in [1.807, 2.05) is 13.0 Å². The topological polar surface area (TPSA) is 21.3 Å². The highest BCUT2D eigenvalue weighted by Gasteiger charge is 2.26. The molecule has 1 N–H and O–H groups in total. The van der Waals surface area contributed by atoms with E-state index >= 15 is 0 Å². The van der Waals surface area contributed by atoms with Crippen LogP contribution in [0.2, 0.25) is 0 Å². The van der Waals surface area contributed by atoms with Gasteiger partial charge in [-0.3, -0.25) is 0 Å². The van der Waals surface area contributed by atoms with Crippen LogP contribution in [0, 0.1) is 12.7 Å². The molecule has 0 spiro atoms. The number of hydrogen-bond acceptors (Lipinski definition) is 2. The molecule has 0 saturated heterocycles. The fraction of sp³-hybridized carbons (Fsp3) is 0.455. The fourth-order valence-corrected chi connectivity index (χ4v) is 1.76. The predicted molar refractivity (Wildman–Crippen MR) is 53.0 cm³/mol. The van der Waals surface area contributed by atoms with Gasteiger partial charge in [0.2, 0.25) is 0 Å². The van der Waals surface area contributed by atoms with Gasteiger partial charge in [0, 0.05) is 5.56 Å². The molecule has 1 aliphatic heterocycles. The smallest absolute Gasteiger partial charge is 0.168 e. The number of benzene rings is 1. The third kappa shape index (κ3) is 1.38. The fourth-order valence-electron chi connectivity index (χ4n) is 1.76. The lowest BCUT2D eigenvalue weighted by atomic mass is 10.1. The summed E-state index contributed by atoms with van der Waals surface area (Å²) in [6, 6.07) is 3.88. The molecule has 2 rings (SSSR count). The standard InChI is InChI=1S/C11H14FNO/c1-3-13-9-6-14-11-8(9)5-4-7(2)10(11)12/h4-5,9,13H,3,6H2,1-2H3. The molecule has 76 valence electrons. The molecule has 1 aromatic carbocycles. The van der Waals surface area contributed by atoms with E-state index in [-0.39, 0.29) is 11.9 Å². The van der Waals surface area contributed by atoms with Crippen molar-refractivity contribution in [3.63, 3.8) is 0 Å². The van der Waals surface area contributed by atoms with E-state index < -0.39 is 0 Å². The van der Waals surface area contributed by atoms with E-state index in [9.17, 15) is 4.39 Å². The molecule has 1 aliphatic rings. The monoisotopic (exact) mass is 195 g/mol. The number of nitrogens with one attached hydrogen (secondary N) is 1. The summed E-state index contributed by atoms with van der Waals surface area (Å²) < 4.78 is 18.9. The number of hydrogen-bond donors (Lipinski definition) is 1. The van der Waals surface area contributed by atoms with Crippen molar-refractivity contribution in [2.45, 2.75) is 19.9 Å². The van der Waals surface area contributed by atoms with Crippen molar-refractivity contribution in [2.24, 2.45) is 0 Å². The van der Waals surface area contributed by atoms with Crippen LogP contribution in [0.15, 0.2) is 12.1 Å². The number of halogens is 1. The zero-order valence-corrected chi connectivity index (χ0v) is 8.43. The van der Waals surface area contributed by atoms with Gasteiger partial charge in [-0.2, -0.15) is 0 Å². The molecule has 0 radical (unpaired) electrons. The average Bonchev–Trinajstić information content (AvgIpc) is 2.57. The van der Waals surface area contributed by atoms with Gasteiger partial charge in [-0.25, -0.2) is 4.39 Å². The molecule has 1 unspecified atom stereocenters. The lowest BCUT2D eigenvalue weighted by Crippen LogP contribution is -2.21. The molecule has 0 bridgehead atoms. The van der Waals surface area contributed by atoms with Crippen molar-refractivity contribution in [1.29, 1.82) is 0 Å². The second-order valence-corrected chi connectivity index (χ2v) is 3.54. The van der Waals surface area contributed by atoms with Gasteiger partial charge in [0.25, 0.3) is 0 Å². The zero-order chi connectivity index (χ0) is 10.1. The highest BCUT2D eigenvalue weighted by molar-refractivity contribution is 5.43. The number of rotatable bonds is 2. The normalized spacial score (nSPS) is 19.2. The molecule has 1 aromatic rings. The van der Waals surface area contributed by atoms with Gasteiger partial charge >= 0.3 is 0 Å². The summed E-state index contributed by atoms with van der Waals surface area (Å²) in [5, 5.41) is 3.26. The first kappa shape index (κ1) is 9.46. The average molecular weight is 195 g/mol. The van der Waals surface area contributed by atoms with Gasteiger partial charge < -0.3 is 10.1 Å². The molecular weight excluding hydrogens is 181 g/mol. The highest BCUT2D eigenvalue weighted by Crippen LogP contribution is 2.35. The first-order valence-electron chi connectivity index (χ1n) is 4.89. The summed E-state index contributed by atoms with van der Waals surface area (Å²) in [4.78, 5) is 0. The molecule has 0 aliphatic carbocycles. The molecule has 0 saturated carbocycles. The van der Waals surface area contributed by atoms with Crippen LogP contribution in [-0.4, -0.2) is 13.2 Å². The van der Waals surface area contributed by atoms with Crippen LogP contribution in [0.4, 0.5) is 4.39 Å². The maximum Gasteiger partial charge on any atom is 0.168 e. The Kier molecular flexibility index (Phi) is 2.42. The van der Waals surface area contributed by atoms with Crippen LogP contribution < -0.4 is 10.1 Å². The van der Waals surface area contributed by atoms with Gasteiger partial charge in [-0.15, -0.1) is 0 Å². The van der Waals surface area contributed by atoms with E-state index in [4.69, 9.17) is 4.74 Å². The Bertz CT molecular complexity index is 351. The molecule has 0 fully saturated rings. The van der Waals surface area contributed by atoms with E-state index in [2.05, 4.69) is 5.32 Å². The Balaban J connectivity index is 2.37. The Morgan fingerprint density at radius 3 is 3.07 bits per heavy atom. The molecule has 1 heterocycles. The second-order valence-electron chi connectivity index (χ2n) is 3.54. The minimum absolute atomic E-state index is 0.144. The summed E-state index contributed by atoms with van der Waals surface area (Å²) in [5.74, 6) is 0.207. The van der Waals surface area contributed by atoms with Crippen LogP contribution in [0.5, 0.6) is 5.75 Å². The maximum atomic E-state index is 13.6. The van der Waals surface area contributed by atoms with Crippen molar-refractivity contribution in [3.8, 4) is 5.75 Å². The molecule has 2 nitrogen and oxygen atoms in total. The van der Waals surface area contributed by atoms with Crippen LogP contribution in [0.1, 0.15) is 24.1 Å². The first-order valence-corrected chi connectivity index (χ1v) is 4.89. The zero-order valence-electron chi connectivity index (χ0n) is 8.43. The largest absolute Gasteiger partial charge is 0.488 e. The van der Waals surface area contributed by atoms with Crippen molar-refractivity contribution < 1.29 is 9.13 Å². The Morgan fingerprint density at radius 2 is 2.36 bits per heavy atom. The highest BCUT2D eigenvalue weighted by atomic mass is 19.1. The lowest BCUT2D eigenvalue weighted by molar-refractivity contribution is 0.302. The van der Waals surface area contributed by atoms with Crippen molar-refractivity contribution in [2.75, 3.05) is 13.2 Å². The molecule has 14 heavy (non-hydrogen) atoms. The number of likely N-dealkylation sites (N-methyl/N-ethyl adjacent to an activating group) is 1. The van der Waals surface area contributed by atoms with Crippen molar-refractivity contribution >= 4 is 0 Å². The minimum Gasteiger partial charge on any atom is -0.488 e. The minimum atomic E-state index is -0.220. The van der Waals surface area contributed by atoms with Crippen LogP contribution in [-0.2, 0) is 0 Å². The van der Waals surface area contributed by atoms with Gasteiger partial charge in [0.05, 0.1) is 6.04 Å². The van der Waals surface area contributed by atoms with Crippen LogP contribution in [0.3, 0.4) is 0 Å². The summed E-state index contributed by atoms with van der Waals surface area (Å²) in [6.45, 7) is 5.18. The lowest BCUT2D eigenvalue weighted by Gasteiger charge is -2.08. The first-order chi connectivity index (χ1) is 6.74. The van der Waals surface area contributed by atoms with Gasteiger partial charge in [-0.1, -0.05) is 19.1 Å². The third-order valence-electron chi connectivity index (χ3n) is 2.54. The summed E-state index contributed by atoms with van der Waals surface area (Å²) >= 11 is 0. The number of aryl methyl sites for hydroxylation is 1. The molecule has 3 heteroatoms. The third-order valence-corrected chi connectivity index (χ3v) is 2.54. The summed E-state index contributed by atoms with van der Waals surface area (Å²) in [7, 11) is 0. The van der Waals surface area contributed by atoms with E-state index in [1.165, 1.54) is 0 Å². The molecular formula is C11H14FNO. The second kappa shape index (κ2) is 3.58. The van der Waals surface area contributed by atoms with E-state index in [1.54, 1.807) is 13.0 Å². The summed E-state index contributed by atoms with van der Waals surface area (Å²) in [6.07, 6.45) is 0. The van der Waals surface area contributed by atoms with E-state index in [0.717, 1.165) is 12.1 Å².